The molecule has 196 valence electrons. The summed E-state index contributed by atoms with van der Waals surface area (Å²) in [5.74, 6) is 2.33. The van der Waals surface area contributed by atoms with Gasteiger partial charge in [-0.15, -0.1) is 0 Å². The Morgan fingerprint density at radius 2 is 1.90 bits per heavy atom. The topological polar surface area (TPSA) is 110 Å². The third kappa shape index (κ3) is 4.72. The lowest BCUT2D eigenvalue weighted by Gasteiger charge is -2.34. The molecule has 1 aliphatic carbocycles. The predicted molar refractivity (Wildman–Crippen MR) is 150 cm³/mol. The number of para-hydroxylation sites is 1. The highest BCUT2D eigenvalue weighted by molar-refractivity contribution is 6.02. The zero-order chi connectivity index (χ0) is 26.9. The maximum Gasteiger partial charge on any atom is 0.226 e. The molecule has 1 aliphatic heterocycles. The van der Waals surface area contributed by atoms with Gasteiger partial charge in [0.15, 0.2) is 0 Å². The van der Waals surface area contributed by atoms with Crippen molar-refractivity contribution in [2.24, 2.45) is 11.8 Å². The van der Waals surface area contributed by atoms with Crippen molar-refractivity contribution in [1.82, 2.24) is 19.4 Å². The smallest absolute Gasteiger partial charge is 0.226 e. The molecule has 2 fully saturated rings. The number of anilines is 1. The number of aromatic nitrogens is 3. The number of allylic oxidation sites excluding steroid dienone is 2. The molecule has 1 saturated carbocycles. The van der Waals surface area contributed by atoms with E-state index in [9.17, 15) is 4.79 Å². The van der Waals surface area contributed by atoms with Crippen molar-refractivity contribution >= 4 is 22.8 Å². The molecule has 2 aromatic carbocycles. The summed E-state index contributed by atoms with van der Waals surface area (Å²) in [4.78, 5) is 24.2. The van der Waals surface area contributed by atoms with Crippen molar-refractivity contribution in [2.45, 2.75) is 32.2 Å². The lowest BCUT2D eigenvalue weighted by Crippen LogP contribution is -2.42. The van der Waals surface area contributed by atoms with Gasteiger partial charge in [-0.25, -0.2) is 9.97 Å². The number of fused-ring (bicyclic) bond motifs is 1. The van der Waals surface area contributed by atoms with Gasteiger partial charge in [-0.2, -0.15) is 5.26 Å². The summed E-state index contributed by atoms with van der Waals surface area (Å²) in [5, 5.41) is 9.64. The molecule has 2 aliphatic rings. The van der Waals surface area contributed by atoms with E-state index >= 15 is 0 Å². The number of carbonyl (C=O) groups is 1. The molecular formula is C31H30N6O2. The van der Waals surface area contributed by atoms with E-state index in [1.54, 1.807) is 0 Å². The maximum absolute atomic E-state index is 13.2. The van der Waals surface area contributed by atoms with E-state index < -0.39 is 0 Å². The molecule has 6 rings (SSSR count). The van der Waals surface area contributed by atoms with Gasteiger partial charge in [0.2, 0.25) is 5.91 Å². The van der Waals surface area contributed by atoms with Crippen LogP contribution in [-0.4, -0.2) is 38.4 Å². The van der Waals surface area contributed by atoms with E-state index in [-0.39, 0.29) is 23.8 Å². The van der Waals surface area contributed by atoms with Crippen LogP contribution in [0.5, 0.6) is 11.5 Å². The van der Waals surface area contributed by atoms with Crippen LogP contribution >= 0.6 is 0 Å². The van der Waals surface area contributed by atoms with E-state index in [4.69, 9.17) is 15.7 Å². The molecule has 1 amide bonds. The van der Waals surface area contributed by atoms with E-state index in [1.165, 1.54) is 12.4 Å². The molecule has 2 aromatic heterocycles. The number of piperidine rings is 1. The quantitative estimate of drug-likeness (QED) is 0.330. The molecule has 0 bridgehead atoms. The Labute approximate surface area is 227 Å². The number of benzene rings is 2. The number of hydrogen-bond donors (Lipinski definition) is 1. The van der Waals surface area contributed by atoms with Crippen molar-refractivity contribution < 1.29 is 9.53 Å². The van der Waals surface area contributed by atoms with Gasteiger partial charge in [0, 0.05) is 36.3 Å². The van der Waals surface area contributed by atoms with Gasteiger partial charge in [0.1, 0.15) is 29.3 Å². The standard InChI is InChI=1S/C31H30N6O2/c1-20-27(21-11-13-25(14-12-21)39-24-9-3-2-4-10-24)28-29(33)34-19-35-30(28)37(20)23-8-6-16-36(18-23)31(38)26-17-22(26)7-5-15-32/h2-5,7,9-14,19,22-23,26H,6,8,16-18H2,1H3,(H2,33,34,35)/t22-,23+,26+/m0/s1. The van der Waals surface area contributed by atoms with Crippen LogP contribution in [0.25, 0.3) is 22.2 Å². The number of ether oxygens (including phenoxy) is 1. The largest absolute Gasteiger partial charge is 0.457 e. The molecule has 1 saturated heterocycles. The average molecular weight is 519 g/mol. The predicted octanol–water partition coefficient (Wildman–Crippen LogP) is 5.66. The number of nitrogens with two attached hydrogens (primary N) is 1. The molecule has 39 heavy (non-hydrogen) atoms. The summed E-state index contributed by atoms with van der Waals surface area (Å²) in [7, 11) is 0. The molecule has 8 heteroatoms. The number of carbonyl (C=O) groups excluding carboxylic acids is 1. The second-order valence-corrected chi connectivity index (χ2v) is 10.3. The molecule has 0 spiro atoms. The lowest BCUT2D eigenvalue weighted by molar-refractivity contribution is -0.134. The van der Waals surface area contributed by atoms with Crippen molar-refractivity contribution in [3.8, 4) is 28.7 Å². The molecule has 8 nitrogen and oxygen atoms in total. The molecule has 0 radical (unpaired) electrons. The third-order valence-electron chi connectivity index (χ3n) is 7.83. The zero-order valence-corrected chi connectivity index (χ0v) is 21.8. The summed E-state index contributed by atoms with van der Waals surface area (Å²) in [6, 6.07) is 19.8. The van der Waals surface area contributed by atoms with Gasteiger partial charge in [-0.3, -0.25) is 4.79 Å². The second kappa shape index (κ2) is 10.3. The van der Waals surface area contributed by atoms with Crippen molar-refractivity contribution in [1.29, 1.82) is 5.26 Å². The van der Waals surface area contributed by atoms with Crippen LogP contribution in [0.2, 0.25) is 0 Å². The first-order valence-electron chi connectivity index (χ1n) is 13.3. The summed E-state index contributed by atoms with van der Waals surface area (Å²) >= 11 is 0. The first-order chi connectivity index (χ1) is 19.0. The molecule has 3 heterocycles. The minimum atomic E-state index is -0.0130. The average Bonchev–Trinajstić information content (AvgIpc) is 3.67. The molecule has 2 N–H and O–H groups in total. The molecule has 3 atom stereocenters. The van der Waals surface area contributed by atoms with Gasteiger partial charge in [0.05, 0.1) is 17.5 Å². The summed E-state index contributed by atoms with van der Waals surface area (Å²) in [6.45, 7) is 3.47. The van der Waals surface area contributed by atoms with Crippen LogP contribution in [0, 0.1) is 30.1 Å². The normalized spacial score (nSPS) is 20.7. The van der Waals surface area contributed by atoms with E-state index in [1.807, 2.05) is 71.6 Å². The summed E-state index contributed by atoms with van der Waals surface area (Å²) in [5.41, 5.74) is 10.3. The van der Waals surface area contributed by atoms with E-state index in [2.05, 4.69) is 21.5 Å². The number of nitrogen functional groups attached to an aromatic ring is 1. The highest BCUT2D eigenvalue weighted by atomic mass is 16.5. The number of rotatable bonds is 6. The Morgan fingerprint density at radius 3 is 2.67 bits per heavy atom. The second-order valence-electron chi connectivity index (χ2n) is 10.3. The van der Waals surface area contributed by atoms with Crippen LogP contribution in [0.3, 0.4) is 0 Å². The van der Waals surface area contributed by atoms with Crippen LogP contribution < -0.4 is 10.5 Å². The van der Waals surface area contributed by atoms with Crippen LogP contribution in [0.4, 0.5) is 5.82 Å². The van der Waals surface area contributed by atoms with Crippen LogP contribution in [0.15, 0.2) is 73.1 Å². The number of likely N-dealkylation sites (tertiary alicyclic amines) is 1. The maximum atomic E-state index is 13.2. The highest BCUT2D eigenvalue weighted by Crippen LogP contribution is 2.43. The van der Waals surface area contributed by atoms with Gasteiger partial charge < -0.3 is 19.9 Å². The Balaban J connectivity index is 1.31. The van der Waals surface area contributed by atoms with Gasteiger partial charge in [0.25, 0.3) is 0 Å². The minimum Gasteiger partial charge on any atom is -0.457 e. The third-order valence-corrected chi connectivity index (χ3v) is 7.83. The first-order valence-corrected chi connectivity index (χ1v) is 13.3. The van der Waals surface area contributed by atoms with E-state index in [0.717, 1.165) is 65.2 Å². The fourth-order valence-corrected chi connectivity index (χ4v) is 5.86. The SMILES string of the molecule is Cc1c(-c2ccc(Oc3ccccc3)cc2)c2c(N)ncnc2n1[C@@H]1CCCN(C(=O)[C@@H]2C[C@@H]2C=CC#N)C1. The number of hydrogen-bond acceptors (Lipinski definition) is 6. The molecular weight excluding hydrogens is 488 g/mol. The van der Waals surface area contributed by atoms with Crippen molar-refractivity contribution in [3.05, 3.63) is 78.8 Å². The molecule has 0 unspecified atom stereocenters. The summed E-state index contributed by atoms with van der Waals surface area (Å²) in [6.07, 6.45) is 7.54. The monoisotopic (exact) mass is 518 g/mol. The van der Waals surface area contributed by atoms with Crippen LogP contribution in [0.1, 0.15) is 31.0 Å². The van der Waals surface area contributed by atoms with Crippen LogP contribution in [-0.2, 0) is 4.79 Å². The number of amides is 1. The highest BCUT2D eigenvalue weighted by Gasteiger charge is 2.44. The van der Waals surface area contributed by atoms with Gasteiger partial charge in [-0.1, -0.05) is 36.4 Å². The summed E-state index contributed by atoms with van der Waals surface area (Å²) < 4.78 is 8.23. The zero-order valence-electron chi connectivity index (χ0n) is 21.8. The lowest BCUT2D eigenvalue weighted by atomic mass is 10.0. The fourth-order valence-electron chi connectivity index (χ4n) is 5.86. The van der Waals surface area contributed by atoms with E-state index in [0.29, 0.717) is 12.4 Å². The Bertz CT molecular complexity index is 1590. The number of nitrogens with zero attached hydrogens (tertiary/aromatic N) is 5. The minimum absolute atomic E-state index is 0.0130. The first kappa shape index (κ1) is 24.7. The Kier molecular flexibility index (Phi) is 6.49. The van der Waals surface area contributed by atoms with Gasteiger partial charge in [-0.05, 0) is 61.9 Å². The fraction of sp³-hybridized carbons (Fsp3) is 0.290. The molecule has 4 aromatic rings. The van der Waals surface area contributed by atoms with Crippen molar-refractivity contribution in [3.63, 3.8) is 0 Å². The number of nitriles is 1. The van der Waals surface area contributed by atoms with Gasteiger partial charge >= 0.3 is 0 Å². The Morgan fingerprint density at radius 1 is 1.13 bits per heavy atom. The van der Waals surface area contributed by atoms with Crippen molar-refractivity contribution in [2.75, 3.05) is 18.8 Å². The Hall–Kier alpha value is -4.64.